The molecule has 0 spiro atoms. The summed E-state index contributed by atoms with van der Waals surface area (Å²) >= 11 is 1.53. The van der Waals surface area contributed by atoms with E-state index in [2.05, 4.69) is 12.1 Å². The molecule has 0 heterocycles. The van der Waals surface area contributed by atoms with E-state index in [1.807, 2.05) is 54.6 Å². The third-order valence-electron chi connectivity index (χ3n) is 4.28. The Labute approximate surface area is 156 Å². The average molecular weight is 361 g/mol. The Bertz CT molecular complexity index is 1080. The Morgan fingerprint density at radius 1 is 0.769 bits per heavy atom. The van der Waals surface area contributed by atoms with Crippen LogP contribution in [0.5, 0.6) is 11.5 Å². The molecule has 0 aliphatic carbocycles. The molecule has 0 radical (unpaired) electrons. The van der Waals surface area contributed by atoms with Crippen LogP contribution in [-0.4, -0.2) is 18.3 Å². The van der Waals surface area contributed by atoms with Crippen LogP contribution in [-0.2, 0) is 0 Å². The van der Waals surface area contributed by atoms with Crippen molar-refractivity contribution in [3.8, 4) is 11.5 Å². The SMILES string of the molecule is NCCOc1ccc2ccccc2c1Sc1c(O)ccc2ccccc12. The summed E-state index contributed by atoms with van der Waals surface area (Å²) < 4.78 is 5.89. The van der Waals surface area contributed by atoms with Gasteiger partial charge in [0.15, 0.2) is 0 Å². The van der Waals surface area contributed by atoms with Crippen LogP contribution < -0.4 is 10.5 Å². The molecule has 0 aliphatic rings. The van der Waals surface area contributed by atoms with Crippen LogP contribution in [0, 0.1) is 0 Å². The largest absolute Gasteiger partial charge is 0.507 e. The van der Waals surface area contributed by atoms with Crippen molar-refractivity contribution in [2.24, 2.45) is 5.73 Å². The highest BCUT2D eigenvalue weighted by Gasteiger charge is 2.15. The summed E-state index contributed by atoms with van der Waals surface area (Å²) in [5, 5.41) is 14.9. The van der Waals surface area contributed by atoms with Crippen molar-refractivity contribution in [2.75, 3.05) is 13.2 Å². The van der Waals surface area contributed by atoms with Crippen molar-refractivity contribution < 1.29 is 9.84 Å². The second-order valence-corrected chi connectivity index (χ2v) is 7.01. The Morgan fingerprint density at radius 3 is 2.08 bits per heavy atom. The first kappa shape index (κ1) is 16.8. The number of hydrogen-bond acceptors (Lipinski definition) is 4. The summed E-state index contributed by atoms with van der Waals surface area (Å²) in [4.78, 5) is 1.82. The highest BCUT2D eigenvalue weighted by molar-refractivity contribution is 8.00. The average Bonchev–Trinajstić information content (AvgIpc) is 2.69. The molecule has 4 aromatic rings. The van der Waals surface area contributed by atoms with Crippen LogP contribution in [0.2, 0.25) is 0 Å². The fraction of sp³-hybridized carbons (Fsp3) is 0.0909. The maximum atomic E-state index is 10.5. The van der Waals surface area contributed by atoms with Gasteiger partial charge in [-0.15, -0.1) is 0 Å². The van der Waals surface area contributed by atoms with Crippen molar-refractivity contribution >= 4 is 33.3 Å². The molecule has 0 atom stereocenters. The highest BCUT2D eigenvalue weighted by atomic mass is 32.2. The summed E-state index contributed by atoms with van der Waals surface area (Å²) in [6, 6.07) is 24.0. The van der Waals surface area contributed by atoms with Gasteiger partial charge in [-0.1, -0.05) is 72.4 Å². The number of phenolic OH excluding ortho intramolecular Hbond substituents is 1. The molecule has 4 rings (SSSR count). The zero-order valence-corrected chi connectivity index (χ0v) is 15.0. The molecule has 0 saturated carbocycles. The highest BCUT2D eigenvalue weighted by Crippen LogP contribution is 2.46. The van der Waals surface area contributed by atoms with Crippen molar-refractivity contribution in [1.29, 1.82) is 0 Å². The van der Waals surface area contributed by atoms with E-state index in [-0.39, 0.29) is 5.75 Å². The molecule has 0 amide bonds. The van der Waals surface area contributed by atoms with E-state index in [0.29, 0.717) is 13.2 Å². The van der Waals surface area contributed by atoms with E-state index < -0.39 is 0 Å². The van der Waals surface area contributed by atoms with Crippen molar-refractivity contribution in [2.45, 2.75) is 9.79 Å². The van der Waals surface area contributed by atoms with Crippen molar-refractivity contribution in [3.05, 3.63) is 72.8 Å². The minimum Gasteiger partial charge on any atom is -0.507 e. The Morgan fingerprint density at radius 2 is 1.38 bits per heavy atom. The normalized spacial score (nSPS) is 11.1. The molecule has 0 unspecified atom stereocenters. The zero-order valence-electron chi connectivity index (χ0n) is 14.2. The Balaban J connectivity index is 1.90. The lowest BCUT2D eigenvalue weighted by molar-refractivity contribution is 0.321. The number of nitrogens with two attached hydrogens (primary N) is 1. The molecule has 3 N–H and O–H groups in total. The monoisotopic (exact) mass is 361 g/mol. The van der Waals surface area contributed by atoms with Gasteiger partial charge in [-0.05, 0) is 33.7 Å². The first-order valence-electron chi connectivity index (χ1n) is 8.51. The Kier molecular flexibility index (Phi) is 4.69. The molecule has 4 aromatic carbocycles. The molecule has 26 heavy (non-hydrogen) atoms. The lowest BCUT2D eigenvalue weighted by Gasteiger charge is -2.15. The third kappa shape index (κ3) is 3.09. The molecule has 0 aliphatic heterocycles. The van der Waals surface area contributed by atoms with Crippen LogP contribution >= 0.6 is 11.8 Å². The maximum Gasteiger partial charge on any atom is 0.133 e. The molecule has 0 bridgehead atoms. The lowest BCUT2D eigenvalue weighted by atomic mass is 10.1. The van der Waals surface area contributed by atoms with Gasteiger partial charge in [0.1, 0.15) is 18.1 Å². The smallest absolute Gasteiger partial charge is 0.133 e. The molecular formula is C22H19NO2S. The van der Waals surface area contributed by atoms with Crippen LogP contribution in [0.4, 0.5) is 0 Å². The first-order valence-corrected chi connectivity index (χ1v) is 9.33. The minimum absolute atomic E-state index is 0.270. The molecule has 0 saturated heterocycles. The summed E-state index contributed by atoms with van der Waals surface area (Å²) in [6.07, 6.45) is 0. The van der Waals surface area contributed by atoms with Crippen LogP contribution in [0.1, 0.15) is 0 Å². The summed E-state index contributed by atoms with van der Waals surface area (Å²) in [6.45, 7) is 0.907. The predicted molar refractivity (Wildman–Crippen MR) is 108 cm³/mol. The van der Waals surface area contributed by atoms with Crippen LogP contribution in [0.3, 0.4) is 0 Å². The summed E-state index contributed by atoms with van der Waals surface area (Å²) in [7, 11) is 0. The third-order valence-corrected chi connectivity index (χ3v) is 5.54. The van der Waals surface area contributed by atoms with Gasteiger partial charge in [0.05, 0.1) is 9.79 Å². The van der Waals surface area contributed by atoms with E-state index in [1.165, 1.54) is 11.8 Å². The number of phenols is 1. The molecule has 0 fully saturated rings. The predicted octanol–water partition coefficient (Wildman–Crippen LogP) is 5.19. The topological polar surface area (TPSA) is 55.5 Å². The van der Waals surface area contributed by atoms with E-state index in [0.717, 1.165) is 37.1 Å². The van der Waals surface area contributed by atoms with Gasteiger partial charge in [-0.3, -0.25) is 0 Å². The summed E-state index contributed by atoms with van der Waals surface area (Å²) in [5.74, 6) is 1.05. The van der Waals surface area contributed by atoms with E-state index in [9.17, 15) is 5.11 Å². The van der Waals surface area contributed by atoms with Crippen molar-refractivity contribution in [3.63, 3.8) is 0 Å². The number of rotatable bonds is 5. The second kappa shape index (κ2) is 7.28. The van der Waals surface area contributed by atoms with E-state index >= 15 is 0 Å². The maximum absolute atomic E-state index is 10.5. The molecule has 0 aromatic heterocycles. The number of ether oxygens (including phenoxy) is 1. The molecule has 130 valence electrons. The minimum atomic E-state index is 0.270. The molecule has 4 heteroatoms. The van der Waals surface area contributed by atoms with E-state index in [1.54, 1.807) is 6.07 Å². The summed E-state index contributed by atoms with van der Waals surface area (Å²) in [5.41, 5.74) is 5.62. The van der Waals surface area contributed by atoms with E-state index in [4.69, 9.17) is 10.5 Å². The molecule has 3 nitrogen and oxygen atoms in total. The van der Waals surface area contributed by atoms with Crippen molar-refractivity contribution in [1.82, 2.24) is 0 Å². The van der Waals surface area contributed by atoms with Gasteiger partial charge in [0, 0.05) is 6.54 Å². The van der Waals surface area contributed by atoms with Gasteiger partial charge in [0.2, 0.25) is 0 Å². The number of fused-ring (bicyclic) bond motifs is 2. The lowest BCUT2D eigenvalue weighted by Crippen LogP contribution is -2.11. The Hall–Kier alpha value is -2.69. The van der Waals surface area contributed by atoms with Gasteiger partial charge in [-0.25, -0.2) is 0 Å². The first-order chi connectivity index (χ1) is 12.8. The van der Waals surface area contributed by atoms with Gasteiger partial charge in [0.25, 0.3) is 0 Å². The van der Waals surface area contributed by atoms with Gasteiger partial charge >= 0.3 is 0 Å². The quantitative estimate of drug-likeness (QED) is 0.514. The van der Waals surface area contributed by atoms with Crippen LogP contribution in [0.15, 0.2) is 82.6 Å². The second-order valence-electron chi connectivity index (χ2n) is 5.99. The zero-order chi connectivity index (χ0) is 17.9. The fourth-order valence-corrected chi connectivity index (χ4v) is 4.25. The number of hydrogen-bond donors (Lipinski definition) is 2. The fourth-order valence-electron chi connectivity index (χ4n) is 3.05. The standard InChI is InChI=1S/C22H19NO2S/c23-13-14-25-20-12-10-16-6-2-4-8-18(16)22(20)26-21-17-7-3-1-5-15(17)9-11-19(21)24/h1-12,24H,13-14,23H2. The van der Waals surface area contributed by atoms with Crippen LogP contribution in [0.25, 0.3) is 21.5 Å². The van der Waals surface area contributed by atoms with Gasteiger partial charge < -0.3 is 15.6 Å². The molecular weight excluding hydrogens is 342 g/mol. The van der Waals surface area contributed by atoms with Gasteiger partial charge in [-0.2, -0.15) is 0 Å². The number of aromatic hydroxyl groups is 1. The number of benzene rings is 4.